The van der Waals surface area contributed by atoms with Crippen LogP contribution < -0.4 is 10.1 Å². The minimum Gasteiger partial charge on any atom is -0.494 e. The molecule has 0 aliphatic carbocycles. The van der Waals surface area contributed by atoms with Crippen molar-refractivity contribution in [2.45, 2.75) is 32.7 Å². The van der Waals surface area contributed by atoms with E-state index in [0.29, 0.717) is 0 Å². The fraction of sp³-hybridized carbons (Fsp3) is 0.625. The fourth-order valence-electron chi connectivity index (χ4n) is 2.34. The molecular weight excluding hydrogens is 236 g/mol. The van der Waals surface area contributed by atoms with Crippen LogP contribution in [0.4, 0.5) is 0 Å². The highest BCUT2D eigenvalue weighted by Crippen LogP contribution is 2.14. The van der Waals surface area contributed by atoms with Crippen LogP contribution in [0.2, 0.25) is 0 Å². The third-order valence-corrected chi connectivity index (χ3v) is 3.53. The predicted octanol–water partition coefficient (Wildman–Crippen LogP) is 2.66. The predicted molar refractivity (Wildman–Crippen MR) is 79.6 cm³/mol. The van der Waals surface area contributed by atoms with Crippen LogP contribution in [0.15, 0.2) is 24.3 Å². The molecule has 0 atom stereocenters. The first-order chi connectivity index (χ1) is 9.38. The van der Waals surface area contributed by atoms with Crippen molar-refractivity contribution in [3.8, 4) is 5.75 Å². The summed E-state index contributed by atoms with van der Waals surface area (Å²) in [6, 6.07) is 8.58. The minimum atomic E-state index is 0.827. The van der Waals surface area contributed by atoms with Gasteiger partial charge in [0.15, 0.2) is 0 Å². The first-order valence-corrected chi connectivity index (χ1v) is 7.53. The highest BCUT2D eigenvalue weighted by atomic mass is 16.5. The van der Waals surface area contributed by atoms with Crippen LogP contribution in [0.25, 0.3) is 0 Å². The Kier molecular flexibility index (Phi) is 6.18. The van der Waals surface area contributed by atoms with Gasteiger partial charge in [-0.15, -0.1) is 0 Å². The van der Waals surface area contributed by atoms with Gasteiger partial charge in [0.05, 0.1) is 6.61 Å². The molecule has 0 spiro atoms. The highest BCUT2D eigenvalue weighted by molar-refractivity contribution is 5.27. The molecule has 1 aliphatic rings. The van der Waals surface area contributed by atoms with E-state index in [1.807, 2.05) is 0 Å². The van der Waals surface area contributed by atoms with Crippen LogP contribution in [0.1, 0.15) is 31.7 Å². The second-order valence-corrected chi connectivity index (χ2v) is 5.23. The minimum absolute atomic E-state index is 0.827. The molecule has 0 unspecified atom stereocenters. The van der Waals surface area contributed by atoms with Gasteiger partial charge in [-0.2, -0.15) is 0 Å². The van der Waals surface area contributed by atoms with Gasteiger partial charge >= 0.3 is 0 Å². The van der Waals surface area contributed by atoms with Crippen molar-refractivity contribution in [1.82, 2.24) is 10.2 Å². The van der Waals surface area contributed by atoms with Crippen molar-refractivity contribution in [2.75, 3.05) is 32.8 Å². The number of nitrogens with zero attached hydrogens (tertiary/aromatic N) is 1. The molecule has 0 bridgehead atoms. The molecular formula is C16H26N2O. The molecule has 3 heteroatoms. The molecule has 1 aromatic carbocycles. The highest BCUT2D eigenvalue weighted by Gasteiger charge is 2.08. The number of unbranched alkanes of at least 4 members (excludes halogenated alkanes) is 1. The van der Waals surface area contributed by atoms with E-state index in [4.69, 9.17) is 4.74 Å². The van der Waals surface area contributed by atoms with Crippen molar-refractivity contribution in [3.05, 3.63) is 29.8 Å². The molecule has 1 saturated heterocycles. The molecule has 1 aromatic rings. The molecule has 0 radical (unpaired) electrons. The molecule has 3 nitrogen and oxygen atoms in total. The Morgan fingerprint density at radius 3 is 2.79 bits per heavy atom. The standard InChI is InChI=1S/C16H26N2O/c1-2-3-13-19-16-7-5-15(6-8-16)14-18-11-4-9-17-10-12-18/h5-8,17H,2-4,9-14H2,1H3. The van der Waals surface area contributed by atoms with Crippen LogP contribution in [0.3, 0.4) is 0 Å². The van der Waals surface area contributed by atoms with Crippen LogP contribution in [-0.2, 0) is 6.54 Å². The summed E-state index contributed by atoms with van der Waals surface area (Å²) in [7, 11) is 0. The summed E-state index contributed by atoms with van der Waals surface area (Å²) in [6.45, 7) is 8.67. The maximum Gasteiger partial charge on any atom is 0.119 e. The normalized spacial score (nSPS) is 17.1. The van der Waals surface area contributed by atoms with Crippen molar-refractivity contribution < 1.29 is 4.74 Å². The molecule has 0 aromatic heterocycles. The summed E-state index contributed by atoms with van der Waals surface area (Å²) in [5.74, 6) is 0.995. The second-order valence-electron chi connectivity index (χ2n) is 5.23. The monoisotopic (exact) mass is 262 g/mol. The molecule has 0 amide bonds. The number of nitrogens with one attached hydrogen (secondary N) is 1. The molecule has 1 N–H and O–H groups in total. The van der Waals surface area contributed by atoms with Gasteiger partial charge in [-0.25, -0.2) is 0 Å². The molecule has 1 aliphatic heterocycles. The SMILES string of the molecule is CCCCOc1ccc(CN2CCCNCC2)cc1. The number of benzene rings is 1. The zero-order valence-electron chi connectivity index (χ0n) is 12.0. The van der Waals surface area contributed by atoms with E-state index in [1.165, 1.54) is 24.9 Å². The van der Waals surface area contributed by atoms with E-state index in [9.17, 15) is 0 Å². The topological polar surface area (TPSA) is 24.5 Å². The van der Waals surface area contributed by atoms with Gasteiger partial charge in [0.1, 0.15) is 5.75 Å². The van der Waals surface area contributed by atoms with Gasteiger partial charge in [-0.05, 0) is 43.6 Å². The zero-order chi connectivity index (χ0) is 13.3. The Morgan fingerprint density at radius 1 is 1.16 bits per heavy atom. The summed E-state index contributed by atoms with van der Waals surface area (Å²) in [5.41, 5.74) is 1.38. The molecule has 1 heterocycles. The van der Waals surface area contributed by atoms with E-state index in [0.717, 1.165) is 45.0 Å². The number of rotatable bonds is 6. The van der Waals surface area contributed by atoms with E-state index in [2.05, 4.69) is 41.4 Å². The van der Waals surface area contributed by atoms with Crippen molar-refractivity contribution in [1.29, 1.82) is 0 Å². The van der Waals surface area contributed by atoms with Crippen molar-refractivity contribution in [3.63, 3.8) is 0 Å². The van der Waals surface area contributed by atoms with Gasteiger partial charge in [0.2, 0.25) is 0 Å². The third-order valence-electron chi connectivity index (χ3n) is 3.53. The Morgan fingerprint density at radius 2 is 2.00 bits per heavy atom. The number of hydrogen-bond acceptors (Lipinski definition) is 3. The molecule has 0 saturated carbocycles. The average molecular weight is 262 g/mol. The van der Waals surface area contributed by atoms with Crippen LogP contribution >= 0.6 is 0 Å². The molecule has 106 valence electrons. The summed E-state index contributed by atoms with van der Waals surface area (Å²) >= 11 is 0. The van der Waals surface area contributed by atoms with E-state index < -0.39 is 0 Å². The number of ether oxygens (including phenoxy) is 1. The van der Waals surface area contributed by atoms with E-state index in [1.54, 1.807) is 0 Å². The lowest BCUT2D eigenvalue weighted by Crippen LogP contribution is -2.27. The number of hydrogen-bond donors (Lipinski definition) is 1. The van der Waals surface area contributed by atoms with Gasteiger partial charge in [0, 0.05) is 19.6 Å². The van der Waals surface area contributed by atoms with Gasteiger partial charge in [-0.3, -0.25) is 4.90 Å². The Labute approximate surface area is 116 Å². The van der Waals surface area contributed by atoms with Gasteiger partial charge < -0.3 is 10.1 Å². The Balaban J connectivity index is 1.80. The maximum absolute atomic E-state index is 5.69. The van der Waals surface area contributed by atoms with Crippen LogP contribution in [0.5, 0.6) is 5.75 Å². The summed E-state index contributed by atoms with van der Waals surface area (Å²) in [4.78, 5) is 2.52. The van der Waals surface area contributed by atoms with E-state index >= 15 is 0 Å². The summed E-state index contributed by atoms with van der Waals surface area (Å²) < 4.78 is 5.69. The van der Waals surface area contributed by atoms with Crippen molar-refractivity contribution >= 4 is 0 Å². The summed E-state index contributed by atoms with van der Waals surface area (Å²) in [5, 5.41) is 3.44. The maximum atomic E-state index is 5.69. The molecule has 19 heavy (non-hydrogen) atoms. The largest absolute Gasteiger partial charge is 0.494 e. The molecule has 1 fully saturated rings. The van der Waals surface area contributed by atoms with Gasteiger partial charge in [-0.1, -0.05) is 25.5 Å². The lowest BCUT2D eigenvalue weighted by molar-refractivity contribution is 0.283. The Bertz CT molecular complexity index is 342. The van der Waals surface area contributed by atoms with E-state index in [-0.39, 0.29) is 0 Å². The first kappa shape index (κ1) is 14.4. The lowest BCUT2D eigenvalue weighted by Gasteiger charge is -2.19. The Hall–Kier alpha value is -1.06. The lowest BCUT2D eigenvalue weighted by atomic mass is 10.2. The summed E-state index contributed by atoms with van der Waals surface area (Å²) in [6.07, 6.45) is 3.56. The average Bonchev–Trinajstić information content (AvgIpc) is 2.70. The fourth-order valence-corrected chi connectivity index (χ4v) is 2.34. The third kappa shape index (κ3) is 5.21. The van der Waals surface area contributed by atoms with Crippen LogP contribution in [-0.4, -0.2) is 37.7 Å². The smallest absolute Gasteiger partial charge is 0.119 e. The first-order valence-electron chi connectivity index (χ1n) is 7.53. The van der Waals surface area contributed by atoms with Gasteiger partial charge in [0.25, 0.3) is 0 Å². The van der Waals surface area contributed by atoms with Crippen LogP contribution in [0, 0.1) is 0 Å². The second kappa shape index (κ2) is 8.18. The van der Waals surface area contributed by atoms with Crippen molar-refractivity contribution in [2.24, 2.45) is 0 Å². The molecule has 2 rings (SSSR count). The zero-order valence-corrected chi connectivity index (χ0v) is 12.0. The quantitative estimate of drug-likeness (QED) is 0.798.